The van der Waals surface area contributed by atoms with E-state index in [1.54, 1.807) is 0 Å². The van der Waals surface area contributed by atoms with Crippen LogP contribution in [0.3, 0.4) is 0 Å². The zero-order valence-electron chi connectivity index (χ0n) is 10.6. The van der Waals surface area contributed by atoms with Crippen LogP contribution in [0.1, 0.15) is 32.6 Å². The van der Waals surface area contributed by atoms with E-state index >= 15 is 0 Å². The van der Waals surface area contributed by atoms with Crippen LogP contribution in [-0.2, 0) is 9.47 Å². The zero-order valence-corrected chi connectivity index (χ0v) is 10.6. The van der Waals surface area contributed by atoms with Crippen molar-refractivity contribution in [1.29, 1.82) is 0 Å². The average molecular weight is 227 g/mol. The number of rotatable bonds is 3. The summed E-state index contributed by atoms with van der Waals surface area (Å²) < 4.78 is 11.3. The maximum Gasteiger partial charge on any atom is 0.0964 e. The van der Waals surface area contributed by atoms with Gasteiger partial charge in [0.25, 0.3) is 0 Å². The van der Waals surface area contributed by atoms with Crippen LogP contribution >= 0.6 is 0 Å². The van der Waals surface area contributed by atoms with Crippen molar-refractivity contribution in [3.8, 4) is 0 Å². The molecule has 2 rings (SSSR count). The van der Waals surface area contributed by atoms with E-state index in [1.165, 1.54) is 25.7 Å². The minimum Gasteiger partial charge on any atom is -0.376 e. The predicted octanol–water partition coefficient (Wildman–Crippen LogP) is 1.82. The number of ether oxygens (including phenoxy) is 2. The molecule has 16 heavy (non-hydrogen) atoms. The molecule has 2 fully saturated rings. The second-order valence-corrected chi connectivity index (χ2v) is 5.32. The van der Waals surface area contributed by atoms with E-state index < -0.39 is 0 Å². The molecule has 0 bridgehead atoms. The largest absolute Gasteiger partial charge is 0.376 e. The number of hydrogen-bond donors (Lipinski definition) is 1. The van der Waals surface area contributed by atoms with Crippen molar-refractivity contribution in [3.63, 3.8) is 0 Å². The third-order valence-electron chi connectivity index (χ3n) is 4.14. The number of likely N-dealkylation sites (N-methyl/N-ethyl adjacent to an activating group) is 1. The lowest BCUT2D eigenvalue weighted by molar-refractivity contribution is -0.110. The Hall–Kier alpha value is -0.120. The lowest BCUT2D eigenvalue weighted by Gasteiger charge is -2.38. The Morgan fingerprint density at radius 2 is 1.88 bits per heavy atom. The highest BCUT2D eigenvalue weighted by Crippen LogP contribution is 2.32. The summed E-state index contributed by atoms with van der Waals surface area (Å²) in [5, 5.41) is 3.45. The van der Waals surface area contributed by atoms with Gasteiger partial charge >= 0.3 is 0 Å². The smallest absolute Gasteiger partial charge is 0.0964 e. The Bertz CT molecular complexity index is 196. The van der Waals surface area contributed by atoms with E-state index in [-0.39, 0.29) is 6.10 Å². The molecule has 0 aromatic heterocycles. The van der Waals surface area contributed by atoms with Crippen LogP contribution in [0.5, 0.6) is 0 Å². The van der Waals surface area contributed by atoms with Crippen LogP contribution < -0.4 is 5.32 Å². The van der Waals surface area contributed by atoms with Crippen LogP contribution in [0.25, 0.3) is 0 Å². The van der Waals surface area contributed by atoms with E-state index in [1.807, 2.05) is 0 Å². The van der Waals surface area contributed by atoms with Gasteiger partial charge in [0.2, 0.25) is 0 Å². The zero-order chi connectivity index (χ0) is 11.4. The summed E-state index contributed by atoms with van der Waals surface area (Å²) in [7, 11) is 2.06. The summed E-state index contributed by atoms with van der Waals surface area (Å²) in [4.78, 5) is 0. The molecule has 3 nitrogen and oxygen atoms in total. The molecule has 1 aliphatic carbocycles. The summed E-state index contributed by atoms with van der Waals surface area (Å²) in [5.41, 5.74) is 0. The van der Waals surface area contributed by atoms with Gasteiger partial charge in [0.05, 0.1) is 25.9 Å². The van der Waals surface area contributed by atoms with Crippen molar-refractivity contribution in [2.24, 2.45) is 11.8 Å². The molecule has 0 aromatic carbocycles. The van der Waals surface area contributed by atoms with Crippen LogP contribution in [-0.4, -0.2) is 39.0 Å². The minimum absolute atomic E-state index is 0.261. The maximum absolute atomic E-state index is 5.82. The fourth-order valence-electron chi connectivity index (χ4n) is 3.08. The Balaban J connectivity index is 1.88. The van der Waals surface area contributed by atoms with Gasteiger partial charge in [-0.25, -0.2) is 0 Å². The van der Waals surface area contributed by atoms with Crippen LogP contribution in [0.4, 0.5) is 0 Å². The highest BCUT2D eigenvalue weighted by Gasteiger charge is 2.32. The summed E-state index contributed by atoms with van der Waals surface area (Å²) in [6.45, 7) is 4.64. The maximum atomic E-state index is 5.82. The molecule has 3 heteroatoms. The quantitative estimate of drug-likeness (QED) is 0.797. The van der Waals surface area contributed by atoms with E-state index in [9.17, 15) is 0 Å². The third-order valence-corrected chi connectivity index (χ3v) is 4.14. The first-order valence-corrected chi connectivity index (χ1v) is 6.68. The minimum atomic E-state index is 0.261. The van der Waals surface area contributed by atoms with E-state index in [2.05, 4.69) is 19.3 Å². The molecule has 1 N–H and O–H groups in total. The average Bonchev–Trinajstić information content (AvgIpc) is 2.34. The van der Waals surface area contributed by atoms with Gasteiger partial charge in [0.1, 0.15) is 0 Å². The monoisotopic (exact) mass is 227 g/mol. The van der Waals surface area contributed by atoms with Crippen molar-refractivity contribution in [3.05, 3.63) is 0 Å². The lowest BCUT2D eigenvalue weighted by atomic mass is 9.78. The van der Waals surface area contributed by atoms with E-state index in [0.717, 1.165) is 31.7 Å². The van der Waals surface area contributed by atoms with Gasteiger partial charge < -0.3 is 14.8 Å². The SMILES string of the molecule is CNC(C1CCC(C)CC1)C1COCCO1. The van der Waals surface area contributed by atoms with E-state index in [4.69, 9.17) is 9.47 Å². The van der Waals surface area contributed by atoms with Crippen molar-refractivity contribution in [1.82, 2.24) is 5.32 Å². The third kappa shape index (κ3) is 2.96. The number of nitrogens with one attached hydrogen (secondary N) is 1. The molecular weight excluding hydrogens is 202 g/mol. The van der Waals surface area contributed by atoms with Gasteiger partial charge in [-0.3, -0.25) is 0 Å². The first kappa shape index (κ1) is 12.3. The standard InChI is InChI=1S/C13H25NO2/c1-10-3-5-11(6-4-10)13(14-2)12-9-15-7-8-16-12/h10-14H,3-9H2,1-2H3. The number of hydrogen-bond acceptors (Lipinski definition) is 3. The van der Waals surface area contributed by atoms with Crippen molar-refractivity contribution in [2.45, 2.75) is 44.8 Å². The molecule has 94 valence electrons. The Morgan fingerprint density at radius 3 is 2.44 bits per heavy atom. The van der Waals surface area contributed by atoms with Crippen molar-refractivity contribution < 1.29 is 9.47 Å². The highest BCUT2D eigenvalue weighted by atomic mass is 16.6. The Morgan fingerprint density at radius 1 is 1.12 bits per heavy atom. The van der Waals surface area contributed by atoms with Gasteiger partial charge in [0, 0.05) is 6.04 Å². The molecule has 2 atom stereocenters. The fraction of sp³-hybridized carbons (Fsp3) is 1.00. The molecule has 1 saturated heterocycles. The second kappa shape index (κ2) is 5.99. The van der Waals surface area contributed by atoms with Gasteiger partial charge in [-0.1, -0.05) is 19.8 Å². The summed E-state index contributed by atoms with van der Waals surface area (Å²) in [6.07, 6.45) is 5.68. The molecule has 2 unspecified atom stereocenters. The highest BCUT2D eigenvalue weighted by molar-refractivity contribution is 4.86. The molecule has 0 radical (unpaired) electrons. The first-order valence-electron chi connectivity index (χ1n) is 6.68. The predicted molar refractivity (Wildman–Crippen MR) is 64.5 cm³/mol. The van der Waals surface area contributed by atoms with Crippen LogP contribution in [0.15, 0.2) is 0 Å². The van der Waals surface area contributed by atoms with Crippen LogP contribution in [0.2, 0.25) is 0 Å². The molecule has 0 aromatic rings. The molecule has 2 aliphatic rings. The molecule has 0 amide bonds. The summed E-state index contributed by atoms with van der Waals surface area (Å²) in [5.74, 6) is 1.69. The Labute approximate surface area is 98.9 Å². The van der Waals surface area contributed by atoms with Gasteiger partial charge in [-0.15, -0.1) is 0 Å². The first-order chi connectivity index (χ1) is 7.81. The topological polar surface area (TPSA) is 30.5 Å². The molecule has 1 aliphatic heterocycles. The van der Waals surface area contributed by atoms with Crippen molar-refractivity contribution in [2.75, 3.05) is 26.9 Å². The summed E-state index contributed by atoms with van der Waals surface area (Å²) in [6, 6.07) is 0.479. The van der Waals surface area contributed by atoms with Crippen molar-refractivity contribution >= 4 is 0 Å². The summed E-state index contributed by atoms with van der Waals surface area (Å²) >= 11 is 0. The van der Waals surface area contributed by atoms with Gasteiger partial charge in [-0.05, 0) is 31.7 Å². The van der Waals surface area contributed by atoms with Gasteiger partial charge in [0.15, 0.2) is 0 Å². The molecular formula is C13H25NO2. The normalized spacial score (nSPS) is 38.2. The molecule has 0 spiro atoms. The molecule has 1 heterocycles. The molecule has 1 saturated carbocycles. The van der Waals surface area contributed by atoms with Gasteiger partial charge in [-0.2, -0.15) is 0 Å². The fourth-order valence-corrected chi connectivity index (χ4v) is 3.08. The lowest BCUT2D eigenvalue weighted by Crippen LogP contribution is -2.50. The van der Waals surface area contributed by atoms with Crippen LogP contribution in [0, 0.1) is 11.8 Å². The Kier molecular flexibility index (Phi) is 4.62. The second-order valence-electron chi connectivity index (χ2n) is 5.32. The van der Waals surface area contributed by atoms with E-state index in [0.29, 0.717) is 6.04 Å².